The molecule has 3 aromatic rings. The van der Waals surface area contributed by atoms with E-state index < -0.39 is 5.54 Å². The molecule has 4 aliphatic rings. The van der Waals surface area contributed by atoms with Crippen LogP contribution in [0.1, 0.15) is 51.5 Å². The van der Waals surface area contributed by atoms with E-state index >= 15 is 0 Å². The lowest BCUT2D eigenvalue weighted by atomic mass is 9.87. The van der Waals surface area contributed by atoms with Gasteiger partial charge in [0.1, 0.15) is 17.0 Å². The van der Waals surface area contributed by atoms with Crippen LogP contribution in [-0.2, 0) is 9.59 Å². The number of furan rings is 1. The maximum Gasteiger partial charge on any atom is 0.256 e. The molecule has 1 atom stereocenters. The van der Waals surface area contributed by atoms with Crippen LogP contribution in [0.15, 0.2) is 64.2 Å². The molecular weight excluding hydrogens is 500 g/mol. The highest BCUT2D eigenvalue weighted by Crippen LogP contribution is 2.38. The first-order chi connectivity index (χ1) is 19.4. The molecule has 7 rings (SSSR count). The van der Waals surface area contributed by atoms with Gasteiger partial charge in [-0.05, 0) is 81.2 Å². The largest absolute Gasteiger partial charge is 0.464 e. The molecule has 2 amide bonds. The molecule has 7 heteroatoms. The van der Waals surface area contributed by atoms with Gasteiger partial charge in [-0.3, -0.25) is 19.5 Å². The lowest BCUT2D eigenvalue weighted by Gasteiger charge is -2.38. The second-order valence-corrected chi connectivity index (χ2v) is 12.5. The van der Waals surface area contributed by atoms with Crippen LogP contribution in [0.25, 0.3) is 22.1 Å². The number of amidine groups is 1. The fraction of sp³-hybridized carbons (Fsp3) is 0.485. The average Bonchev–Trinajstić information content (AvgIpc) is 3.43. The van der Waals surface area contributed by atoms with E-state index in [1.165, 1.54) is 0 Å². The monoisotopic (exact) mass is 538 g/mol. The zero-order valence-corrected chi connectivity index (χ0v) is 23.5. The van der Waals surface area contributed by atoms with Gasteiger partial charge in [0.05, 0.1) is 6.26 Å². The fourth-order valence-electron chi connectivity index (χ4n) is 6.77. The van der Waals surface area contributed by atoms with E-state index in [0.717, 1.165) is 91.8 Å². The van der Waals surface area contributed by atoms with E-state index in [1.807, 2.05) is 21.9 Å². The molecule has 3 fully saturated rings. The Labute approximate surface area is 235 Å². The van der Waals surface area contributed by atoms with Gasteiger partial charge < -0.3 is 14.2 Å². The van der Waals surface area contributed by atoms with Gasteiger partial charge in [0.15, 0.2) is 0 Å². The molecule has 1 aliphatic carbocycles. The van der Waals surface area contributed by atoms with Gasteiger partial charge in [-0.15, -0.1) is 0 Å². The molecule has 7 nitrogen and oxygen atoms in total. The molecule has 0 N–H and O–H groups in total. The third-order valence-electron chi connectivity index (χ3n) is 9.47. The highest BCUT2D eigenvalue weighted by atomic mass is 16.3. The molecule has 1 spiro atoms. The minimum absolute atomic E-state index is 0.146. The summed E-state index contributed by atoms with van der Waals surface area (Å²) in [6.07, 6.45) is 6.23. The maximum atomic E-state index is 14.2. The lowest BCUT2D eigenvalue weighted by Crippen LogP contribution is -2.52. The van der Waals surface area contributed by atoms with Gasteiger partial charge in [-0.1, -0.05) is 30.3 Å². The number of rotatable bonds is 6. The van der Waals surface area contributed by atoms with Crippen molar-refractivity contribution < 1.29 is 14.0 Å². The number of carbonyl (C=O) groups is 2. The zero-order chi connectivity index (χ0) is 27.4. The summed E-state index contributed by atoms with van der Waals surface area (Å²) in [5.74, 6) is 1.78. The number of hydrogen-bond acceptors (Lipinski definition) is 5. The lowest BCUT2D eigenvalue weighted by molar-refractivity contribution is -0.133. The highest BCUT2D eigenvalue weighted by Gasteiger charge is 2.51. The average molecular weight is 539 g/mol. The summed E-state index contributed by atoms with van der Waals surface area (Å²) in [6, 6.07) is 17.1. The van der Waals surface area contributed by atoms with Crippen LogP contribution in [-0.4, -0.2) is 76.7 Å². The van der Waals surface area contributed by atoms with Gasteiger partial charge in [-0.25, -0.2) is 0 Å². The smallest absolute Gasteiger partial charge is 0.256 e. The Hall–Kier alpha value is -3.45. The predicted molar refractivity (Wildman–Crippen MR) is 156 cm³/mol. The molecule has 4 heterocycles. The van der Waals surface area contributed by atoms with Crippen LogP contribution in [0, 0.1) is 11.8 Å². The Morgan fingerprint density at radius 2 is 1.70 bits per heavy atom. The number of nitrogens with zero attached hydrogens (tertiary/aromatic N) is 4. The molecule has 3 aliphatic heterocycles. The number of likely N-dealkylation sites (tertiary alicyclic amines) is 2. The Morgan fingerprint density at radius 1 is 0.975 bits per heavy atom. The number of hydrogen-bond donors (Lipinski definition) is 0. The standard InChI is InChI=1S/C33H38N4O3/c1-22(2)35-16-13-33(14-17-35)32(39)37(21-23-11-15-36(20-23)31(38)26-7-8-26)30(34-33)25-5-3-24(4-6-25)27-9-10-29-28(19-27)12-18-40-29/h3-6,9-10,12,18-19,22-23,26H,7-8,11,13-17,20-21H2,1-2H3/t23-/m1/s1. The molecule has 2 aromatic carbocycles. The number of benzene rings is 2. The molecule has 1 aromatic heterocycles. The third-order valence-corrected chi connectivity index (χ3v) is 9.47. The van der Waals surface area contributed by atoms with Crippen LogP contribution in [0.5, 0.6) is 0 Å². The minimum Gasteiger partial charge on any atom is -0.464 e. The summed E-state index contributed by atoms with van der Waals surface area (Å²) < 4.78 is 5.50. The molecule has 1 saturated carbocycles. The van der Waals surface area contributed by atoms with Crippen molar-refractivity contribution in [1.82, 2.24) is 14.7 Å². The Kier molecular flexibility index (Phi) is 6.30. The zero-order valence-electron chi connectivity index (χ0n) is 23.5. The first-order valence-electron chi connectivity index (χ1n) is 14.9. The Bertz CT molecular complexity index is 1460. The van der Waals surface area contributed by atoms with E-state index in [4.69, 9.17) is 9.41 Å². The Morgan fingerprint density at radius 3 is 2.42 bits per heavy atom. The van der Waals surface area contributed by atoms with Gasteiger partial charge in [0.2, 0.25) is 5.91 Å². The van der Waals surface area contributed by atoms with Crippen LogP contribution in [0.3, 0.4) is 0 Å². The normalized spacial score (nSPS) is 23.1. The number of fused-ring (bicyclic) bond motifs is 1. The van der Waals surface area contributed by atoms with Gasteiger partial charge in [0.25, 0.3) is 5.91 Å². The number of carbonyl (C=O) groups excluding carboxylic acids is 2. The van der Waals surface area contributed by atoms with E-state index in [9.17, 15) is 9.59 Å². The first-order valence-corrected chi connectivity index (χ1v) is 14.9. The van der Waals surface area contributed by atoms with Crippen LogP contribution >= 0.6 is 0 Å². The molecule has 208 valence electrons. The van der Waals surface area contributed by atoms with Gasteiger partial charge in [0, 0.05) is 55.6 Å². The topological polar surface area (TPSA) is 69.4 Å². The summed E-state index contributed by atoms with van der Waals surface area (Å²) in [5.41, 5.74) is 3.44. The van der Waals surface area contributed by atoms with E-state index in [-0.39, 0.29) is 17.7 Å². The van der Waals surface area contributed by atoms with E-state index in [2.05, 4.69) is 55.1 Å². The number of piperidine rings is 1. The van der Waals surface area contributed by atoms with Crippen molar-refractivity contribution in [2.24, 2.45) is 16.8 Å². The summed E-state index contributed by atoms with van der Waals surface area (Å²) in [6.45, 7) is 8.38. The van der Waals surface area contributed by atoms with Gasteiger partial charge in [-0.2, -0.15) is 0 Å². The predicted octanol–water partition coefficient (Wildman–Crippen LogP) is 5.19. The Balaban J connectivity index is 1.16. The SMILES string of the molecule is CC(C)N1CCC2(CC1)N=C(c1ccc(-c3ccc4occc4c3)cc1)N(C[C@@H]1CCN(C(=O)C3CC3)C1)C2=O. The quantitative estimate of drug-likeness (QED) is 0.433. The van der Waals surface area contributed by atoms with Crippen LogP contribution in [0.2, 0.25) is 0 Å². The molecule has 0 radical (unpaired) electrons. The van der Waals surface area contributed by atoms with Gasteiger partial charge >= 0.3 is 0 Å². The third kappa shape index (κ3) is 4.54. The van der Waals surface area contributed by atoms with Crippen LogP contribution < -0.4 is 0 Å². The van der Waals surface area contributed by atoms with Crippen molar-refractivity contribution in [2.75, 3.05) is 32.7 Å². The van der Waals surface area contributed by atoms with E-state index in [0.29, 0.717) is 18.5 Å². The maximum absolute atomic E-state index is 14.2. The molecule has 40 heavy (non-hydrogen) atoms. The van der Waals surface area contributed by atoms with Crippen molar-refractivity contribution in [1.29, 1.82) is 0 Å². The molecule has 2 saturated heterocycles. The van der Waals surface area contributed by atoms with Crippen LogP contribution in [0.4, 0.5) is 0 Å². The fourth-order valence-corrected chi connectivity index (χ4v) is 6.77. The van der Waals surface area contributed by atoms with Crippen molar-refractivity contribution in [3.63, 3.8) is 0 Å². The van der Waals surface area contributed by atoms with Crippen molar-refractivity contribution in [2.45, 2.75) is 57.5 Å². The van der Waals surface area contributed by atoms with Crippen molar-refractivity contribution >= 4 is 28.6 Å². The summed E-state index contributed by atoms with van der Waals surface area (Å²) in [4.78, 5) is 38.5. The van der Waals surface area contributed by atoms with E-state index in [1.54, 1.807) is 6.26 Å². The molecule has 0 unspecified atom stereocenters. The first kappa shape index (κ1) is 25.5. The summed E-state index contributed by atoms with van der Waals surface area (Å²) >= 11 is 0. The molecule has 0 bridgehead atoms. The van der Waals surface area contributed by atoms with Crippen molar-refractivity contribution in [3.8, 4) is 11.1 Å². The second-order valence-electron chi connectivity index (χ2n) is 12.5. The summed E-state index contributed by atoms with van der Waals surface area (Å²) in [7, 11) is 0. The highest BCUT2D eigenvalue weighted by molar-refractivity contribution is 6.15. The number of amides is 2. The second kappa shape index (κ2) is 9.88. The summed E-state index contributed by atoms with van der Waals surface area (Å²) in [5, 5.41) is 1.08. The molecular formula is C33H38N4O3. The van der Waals surface area contributed by atoms with Crippen molar-refractivity contribution in [3.05, 3.63) is 60.4 Å². The number of aliphatic imine (C=N–C) groups is 1. The minimum atomic E-state index is -0.673.